The maximum atomic E-state index is 10.2. The van der Waals surface area contributed by atoms with E-state index < -0.39 is 0 Å². The fourth-order valence-corrected chi connectivity index (χ4v) is 1.63. The summed E-state index contributed by atoms with van der Waals surface area (Å²) in [4.78, 5) is 14.3. The SMILES string of the molecule is CC(C)n1c(Cl)cnc1CCC=O. The van der Waals surface area contributed by atoms with E-state index >= 15 is 0 Å². The molecule has 0 unspecified atom stereocenters. The lowest BCUT2D eigenvalue weighted by Crippen LogP contribution is -2.06. The van der Waals surface area contributed by atoms with Crippen LogP contribution in [0.15, 0.2) is 6.20 Å². The summed E-state index contributed by atoms with van der Waals surface area (Å²) in [5, 5.41) is 0.635. The molecule has 1 rings (SSSR count). The van der Waals surface area contributed by atoms with Gasteiger partial charge in [0.15, 0.2) is 0 Å². The fourth-order valence-electron chi connectivity index (χ4n) is 1.29. The third kappa shape index (κ3) is 2.31. The second-order valence-electron chi connectivity index (χ2n) is 3.17. The standard InChI is InChI=1S/C9H13ClN2O/c1-7(2)12-8(10)6-11-9(12)4-3-5-13/h5-7H,3-4H2,1-2H3. The van der Waals surface area contributed by atoms with Gasteiger partial charge >= 0.3 is 0 Å². The first-order valence-corrected chi connectivity index (χ1v) is 4.70. The Morgan fingerprint density at radius 2 is 2.38 bits per heavy atom. The largest absolute Gasteiger partial charge is 0.317 e. The van der Waals surface area contributed by atoms with Gasteiger partial charge in [-0.2, -0.15) is 0 Å². The predicted molar refractivity (Wildman–Crippen MR) is 52.0 cm³/mol. The van der Waals surface area contributed by atoms with Gasteiger partial charge in [0.1, 0.15) is 17.3 Å². The van der Waals surface area contributed by atoms with Gasteiger partial charge in [-0.3, -0.25) is 0 Å². The lowest BCUT2D eigenvalue weighted by Gasteiger charge is -2.11. The van der Waals surface area contributed by atoms with Gasteiger partial charge in [-0.25, -0.2) is 4.98 Å². The first-order valence-electron chi connectivity index (χ1n) is 4.32. The molecule has 3 nitrogen and oxygen atoms in total. The highest BCUT2D eigenvalue weighted by atomic mass is 35.5. The summed E-state index contributed by atoms with van der Waals surface area (Å²) in [6.07, 6.45) is 3.68. The molecule has 0 atom stereocenters. The lowest BCUT2D eigenvalue weighted by molar-refractivity contribution is -0.107. The molecular weight excluding hydrogens is 188 g/mol. The minimum atomic E-state index is 0.289. The van der Waals surface area contributed by atoms with E-state index in [1.165, 1.54) is 0 Å². The van der Waals surface area contributed by atoms with E-state index in [9.17, 15) is 4.79 Å². The van der Waals surface area contributed by atoms with E-state index in [2.05, 4.69) is 4.98 Å². The summed E-state index contributed by atoms with van der Waals surface area (Å²) >= 11 is 5.93. The number of nitrogens with zero attached hydrogens (tertiary/aromatic N) is 2. The molecule has 0 amide bonds. The molecule has 4 heteroatoms. The lowest BCUT2D eigenvalue weighted by atomic mass is 10.3. The molecule has 1 aromatic heterocycles. The molecule has 0 aromatic carbocycles. The second kappa shape index (κ2) is 4.42. The molecule has 0 aliphatic heterocycles. The zero-order chi connectivity index (χ0) is 9.84. The van der Waals surface area contributed by atoms with Crippen LogP contribution in [0.25, 0.3) is 0 Å². The topological polar surface area (TPSA) is 34.9 Å². The van der Waals surface area contributed by atoms with Crippen LogP contribution < -0.4 is 0 Å². The smallest absolute Gasteiger partial charge is 0.129 e. The van der Waals surface area contributed by atoms with Crippen molar-refractivity contribution in [3.63, 3.8) is 0 Å². The third-order valence-electron chi connectivity index (χ3n) is 1.83. The summed E-state index contributed by atoms with van der Waals surface area (Å²) in [5.74, 6) is 0.882. The van der Waals surface area contributed by atoms with Crippen molar-refractivity contribution in [3.05, 3.63) is 17.2 Å². The van der Waals surface area contributed by atoms with E-state index in [0.717, 1.165) is 12.1 Å². The molecule has 72 valence electrons. The van der Waals surface area contributed by atoms with Crippen LogP contribution in [0.5, 0.6) is 0 Å². The quantitative estimate of drug-likeness (QED) is 0.699. The maximum absolute atomic E-state index is 10.2. The number of aromatic nitrogens is 2. The van der Waals surface area contributed by atoms with Crippen molar-refractivity contribution < 1.29 is 4.79 Å². The van der Waals surface area contributed by atoms with Gasteiger partial charge in [0, 0.05) is 18.9 Å². The highest BCUT2D eigenvalue weighted by Crippen LogP contribution is 2.18. The maximum Gasteiger partial charge on any atom is 0.129 e. The van der Waals surface area contributed by atoms with Crippen molar-refractivity contribution in [1.29, 1.82) is 0 Å². The minimum absolute atomic E-state index is 0.289. The second-order valence-corrected chi connectivity index (χ2v) is 3.55. The van der Waals surface area contributed by atoms with Crippen LogP contribution in [-0.2, 0) is 11.2 Å². The summed E-state index contributed by atoms with van der Waals surface area (Å²) in [6.45, 7) is 4.08. The number of rotatable bonds is 4. The van der Waals surface area contributed by atoms with Gasteiger partial charge in [0.25, 0.3) is 0 Å². The Kier molecular flexibility index (Phi) is 3.48. The van der Waals surface area contributed by atoms with Gasteiger partial charge < -0.3 is 9.36 Å². The molecule has 0 aliphatic carbocycles. The monoisotopic (exact) mass is 200 g/mol. The molecule has 0 bridgehead atoms. The molecule has 0 fully saturated rings. The van der Waals surface area contributed by atoms with Crippen molar-refractivity contribution in [2.45, 2.75) is 32.7 Å². The van der Waals surface area contributed by atoms with Crippen molar-refractivity contribution in [2.75, 3.05) is 0 Å². The number of carbonyl (C=O) groups excluding carboxylic acids is 1. The number of carbonyl (C=O) groups is 1. The molecule has 1 heterocycles. The van der Waals surface area contributed by atoms with E-state index in [0.29, 0.717) is 18.0 Å². The minimum Gasteiger partial charge on any atom is -0.317 e. The Morgan fingerprint density at radius 3 is 2.92 bits per heavy atom. The molecule has 0 aliphatic rings. The Labute approximate surface area is 82.7 Å². The van der Waals surface area contributed by atoms with Crippen LogP contribution in [0.4, 0.5) is 0 Å². The third-order valence-corrected chi connectivity index (χ3v) is 2.11. The van der Waals surface area contributed by atoms with Crippen LogP contribution in [0.2, 0.25) is 5.15 Å². The molecular formula is C9H13ClN2O. The summed E-state index contributed by atoms with van der Waals surface area (Å²) in [7, 11) is 0. The molecule has 0 radical (unpaired) electrons. The van der Waals surface area contributed by atoms with Gasteiger partial charge in [-0.1, -0.05) is 11.6 Å². The van der Waals surface area contributed by atoms with E-state index in [1.807, 2.05) is 18.4 Å². The zero-order valence-electron chi connectivity index (χ0n) is 7.83. The average molecular weight is 201 g/mol. The van der Waals surface area contributed by atoms with Crippen molar-refractivity contribution in [1.82, 2.24) is 9.55 Å². The fraction of sp³-hybridized carbons (Fsp3) is 0.556. The zero-order valence-corrected chi connectivity index (χ0v) is 8.58. The van der Waals surface area contributed by atoms with Gasteiger partial charge in [0.2, 0.25) is 0 Å². The summed E-state index contributed by atoms with van der Waals surface area (Å²) < 4.78 is 1.94. The molecule has 0 spiro atoms. The molecule has 1 aromatic rings. The Hall–Kier alpha value is -0.830. The van der Waals surface area contributed by atoms with Crippen molar-refractivity contribution >= 4 is 17.9 Å². The highest BCUT2D eigenvalue weighted by molar-refractivity contribution is 6.29. The van der Waals surface area contributed by atoms with Crippen LogP contribution in [0, 0.1) is 0 Å². The number of halogens is 1. The molecule has 0 saturated heterocycles. The van der Waals surface area contributed by atoms with Gasteiger partial charge in [-0.05, 0) is 13.8 Å². The Bertz CT molecular complexity index is 294. The first-order chi connectivity index (χ1) is 6.16. The highest BCUT2D eigenvalue weighted by Gasteiger charge is 2.10. The Balaban J connectivity index is 2.86. The van der Waals surface area contributed by atoms with Crippen molar-refractivity contribution in [2.24, 2.45) is 0 Å². The summed E-state index contributed by atoms with van der Waals surface area (Å²) in [6, 6.07) is 0.289. The normalized spacial score (nSPS) is 10.8. The van der Waals surface area contributed by atoms with Gasteiger partial charge in [0.05, 0.1) is 6.20 Å². The van der Waals surface area contributed by atoms with Crippen molar-refractivity contribution in [3.8, 4) is 0 Å². The number of hydrogen-bond acceptors (Lipinski definition) is 2. The van der Waals surface area contributed by atoms with E-state index in [-0.39, 0.29) is 6.04 Å². The number of aryl methyl sites for hydroxylation is 1. The van der Waals surface area contributed by atoms with E-state index in [1.54, 1.807) is 6.20 Å². The van der Waals surface area contributed by atoms with Crippen LogP contribution in [0.3, 0.4) is 0 Å². The van der Waals surface area contributed by atoms with Crippen LogP contribution in [-0.4, -0.2) is 15.8 Å². The number of aldehydes is 1. The average Bonchev–Trinajstić information content (AvgIpc) is 2.43. The Morgan fingerprint density at radius 1 is 1.69 bits per heavy atom. The van der Waals surface area contributed by atoms with Crippen LogP contribution >= 0.6 is 11.6 Å². The number of hydrogen-bond donors (Lipinski definition) is 0. The molecule has 13 heavy (non-hydrogen) atoms. The molecule has 0 saturated carbocycles. The molecule has 0 N–H and O–H groups in total. The first kappa shape index (κ1) is 10.3. The van der Waals surface area contributed by atoms with Gasteiger partial charge in [-0.15, -0.1) is 0 Å². The predicted octanol–water partition coefficient (Wildman–Crippen LogP) is 2.25. The summed E-state index contributed by atoms with van der Waals surface area (Å²) in [5.41, 5.74) is 0. The van der Waals surface area contributed by atoms with E-state index in [4.69, 9.17) is 11.6 Å². The van der Waals surface area contributed by atoms with Crippen LogP contribution in [0.1, 0.15) is 32.1 Å². The number of imidazole rings is 1.